The Morgan fingerprint density at radius 2 is 1.76 bits per heavy atom. The third-order valence-corrected chi connectivity index (χ3v) is 2.45. The van der Waals surface area contributed by atoms with Crippen LogP contribution in [0.5, 0.6) is 5.75 Å². The van der Waals surface area contributed by atoms with E-state index in [1.807, 2.05) is 36.4 Å². The van der Waals surface area contributed by atoms with Crippen molar-refractivity contribution in [2.45, 2.75) is 6.61 Å². The van der Waals surface area contributed by atoms with Crippen LogP contribution in [-0.4, -0.2) is 0 Å². The Labute approximate surface area is 100 Å². The minimum atomic E-state index is 0.366. The van der Waals surface area contributed by atoms with E-state index in [1.165, 1.54) is 0 Å². The molecule has 0 aromatic heterocycles. The van der Waals surface area contributed by atoms with Crippen LogP contribution in [0.4, 0.5) is 5.69 Å². The summed E-state index contributed by atoms with van der Waals surface area (Å²) < 4.78 is 5.59. The summed E-state index contributed by atoms with van der Waals surface area (Å²) in [7, 11) is 0. The van der Waals surface area contributed by atoms with Crippen molar-refractivity contribution in [1.82, 2.24) is 0 Å². The molecule has 0 atom stereocenters. The molecule has 3 heteroatoms. The molecule has 0 aliphatic heterocycles. The number of ether oxygens (including phenoxy) is 1. The van der Waals surface area contributed by atoms with Crippen molar-refractivity contribution in [1.29, 1.82) is 5.26 Å². The van der Waals surface area contributed by atoms with Crippen LogP contribution >= 0.6 is 0 Å². The van der Waals surface area contributed by atoms with Gasteiger partial charge in [-0.25, -0.2) is 0 Å². The number of nitrogen functional groups attached to an aromatic ring is 1. The van der Waals surface area contributed by atoms with Crippen LogP contribution in [0.3, 0.4) is 0 Å². The first-order valence-corrected chi connectivity index (χ1v) is 5.26. The zero-order valence-corrected chi connectivity index (χ0v) is 9.26. The number of nitrogens with zero attached hydrogens (tertiary/aromatic N) is 1. The predicted molar refractivity (Wildman–Crippen MR) is 66.3 cm³/mol. The molecule has 0 bridgehead atoms. The fraction of sp³-hybridized carbons (Fsp3) is 0.0714. The Morgan fingerprint density at radius 3 is 2.53 bits per heavy atom. The topological polar surface area (TPSA) is 59.0 Å². The molecule has 0 fully saturated rings. The summed E-state index contributed by atoms with van der Waals surface area (Å²) in [6.45, 7) is 0.366. The molecule has 0 amide bonds. The highest BCUT2D eigenvalue weighted by atomic mass is 16.5. The largest absolute Gasteiger partial charge is 0.487 e. The van der Waals surface area contributed by atoms with Gasteiger partial charge in [0.15, 0.2) is 0 Å². The number of hydrogen-bond donors (Lipinski definition) is 1. The molecule has 0 aliphatic carbocycles. The number of nitrogens with two attached hydrogens (primary N) is 1. The maximum Gasteiger partial charge on any atom is 0.137 e. The highest BCUT2D eigenvalue weighted by Crippen LogP contribution is 2.19. The zero-order valence-electron chi connectivity index (χ0n) is 9.26. The predicted octanol–water partition coefficient (Wildman–Crippen LogP) is 2.72. The van der Waals surface area contributed by atoms with Gasteiger partial charge in [-0.05, 0) is 18.2 Å². The fourth-order valence-electron chi connectivity index (χ4n) is 1.51. The summed E-state index contributed by atoms with van der Waals surface area (Å²) in [5.74, 6) is 0.582. The molecule has 0 spiro atoms. The lowest BCUT2D eigenvalue weighted by Gasteiger charge is -2.09. The Hall–Kier alpha value is -2.47. The van der Waals surface area contributed by atoms with Gasteiger partial charge in [0.05, 0.1) is 5.56 Å². The Bertz CT molecular complexity index is 558. The molecule has 2 aromatic carbocycles. The quantitative estimate of drug-likeness (QED) is 0.815. The number of para-hydroxylation sites is 2. The molecular weight excluding hydrogens is 212 g/mol. The molecule has 2 rings (SSSR count). The number of benzene rings is 2. The van der Waals surface area contributed by atoms with E-state index in [9.17, 15) is 0 Å². The molecule has 3 nitrogen and oxygen atoms in total. The Kier molecular flexibility index (Phi) is 3.27. The standard InChI is InChI=1S/C14H12N2O/c15-9-11-5-2-4-8-14(11)17-10-12-6-1-3-7-13(12)16/h1-8H,10,16H2. The van der Waals surface area contributed by atoms with Crippen LogP contribution in [0.15, 0.2) is 48.5 Å². The van der Waals surface area contributed by atoms with Gasteiger partial charge >= 0.3 is 0 Å². The van der Waals surface area contributed by atoms with E-state index in [1.54, 1.807) is 12.1 Å². The minimum Gasteiger partial charge on any atom is -0.487 e. The molecule has 0 saturated carbocycles. The summed E-state index contributed by atoms with van der Waals surface area (Å²) in [6, 6.07) is 16.8. The van der Waals surface area contributed by atoms with E-state index in [0.29, 0.717) is 23.6 Å². The smallest absolute Gasteiger partial charge is 0.137 e. The molecule has 17 heavy (non-hydrogen) atoms. The van der Waals surface area contributed by atoms with Gasteiger partial charge in [0, 0.05) is 11.3 Å². The van der Waals surface area contributed by atoms with Crippen molar-refractivity contribution in [3.8, 4) is 11.8 Å². The van der Waals surface area contributed by atoms with E-state index in [0.717, 1.165) is 5.56 Å². The molecule has 2 aromatic rings. The van der Waals surface area contributed by atoms with Crippen molar-refractivity contribution >= 4 is 5.69 Å². The molecule has 0 aliphatic rings. The summed E-state index contributed by atoms with van der Waals surface area (Å²) in [5, 5.41) is 8.92. The van der Waals surface area contributed by atoms with Crippen LogP contribution in [0.1, 0.15) is 11.1 Å². The van der Waals surface area contributed by atoms with Crippen molar-refractivity contribution in [2.24, 2.45) is 0 Å². The lowest BCUT2D eigenvalue weighted by Crippen LogP contribution is -2.00. The molecule has 84 valence electrons. The zero-order chi connectivity index (χ0) is 12.1. The second kappa shape index (κ2) is 5.04. The van der Waals surface area contributed by atoms with Crippen molar-refractivity contribution in [3.05, 3.63) is 59.7 Å². The van der Waals surface area contributed by atoms with Crippen LogP contribution in [0.25, 0.3) is 0 Å². The van der Waals surface area contributed by atoms with Crippen molar-refractivity contribution in [2.75, 3.05) is 5.73 Å². The average molecular weight is 224 g/mol. The van der Waals surface area contributed by atoms with Gasteiger partial charge < -0.3 is 10.5 Å². The van der Waals surface area contributed by atoms with Gasteiger partial charge in [0.25, 0.3) is 0 Å². The maximum atomic E-state index is 8.92. The molecule has 0 unspecified atom stereocenters. The number of rotatable bonds is 3. The lowest BCUT2D eigenvalue weighted by molar-refractivity contribution is 0.306. The van der Waals surface area contributed by atoms with Gasteiger partial charge in [-0.15, -0.1) is 0 Å². The number of nitriles is 1. The number of anilines is 1. The molecule has 2 N–H and O–H groups in total. The lowest BCUT2D eigenvalue weighted by atomic mass is 10.2. The first-order chi connectivity index (χ1) is 8.31. The second-order valence-electron chi connectivity index (χ2n) is 3.60. The first-order valence-electron chi connectivity index (χ1n) is 5.26. The van der Waals surface area contributed by atoms with Crippen LogP contribution in [0, 0.1) is 11.3 Å². The fourth-order valence-corrected chi connectivity index (χ4v) is 1.51. The van der Waals surface area contributed by atoms with Crippen molar-refractivity contribution < 1.29 is 4.74 Å². The van der Waals surface area contributed by atoms with Gasteiger partial charge in [-0.2, -0.15) is 5.26 Å². The number of hydrogen-bond acceptors (Lipinski definition) is 3. The summed E-state index contributed by atoms with van der Waals surface area (Å²) in [5.41, 5.74) is 7.95. The minimum absolute atomic E-state index is 0.366. The van der Waals surface area contributed by atoms with Gasteiger partial charge in [-0.1, -0.05) is 30.3 Å². The molecule has 0 heterocycles. The van der Waals surface area contributed by atoms with Crippen LogP contribution in [0.2, 0.25) is 0 Å². The molecule has 0 saturated heterocycles. The van der Waals surface area contributed by atoms with Crippen LogP contribution < -0.4 is 10.5 Å². The highest BCUT2D eigenvalue weighted by molar-refractivity contribution is 5.47. The summed E-state index contributed by atoms with van der Waals surface area (Å²) in [6.07, 6.45) is 0. The summed E-state index contributed by atoms with van der Waals surface area (Å²) in [4.78, 5) is 0. The maximum absolute atomic E-state index is 8.92. The average Bonchev–Trinajstić information content (AvgIpc) is 2.38. The molecule has 0 radical (unpaired) electrons. The SMILES string of the molecule is N#Cc1ccccc1OCc1ccccc1N. The third-order valence-electron chi connectivity index (χ3n) is 2.45. The summed E-state index contributed by atoms with van der Waals surface area (Å²) >= 11 is 0. The highest BCUT2D eigenvalue weighted by Gasteiger charge is 2.03. The van der Waals surface area contributed by atoms with E-state index in [2.05, 4.69) is 6.07 Å². The van der Waals surface area contributed by atoms with Crippen molar-refractivity contribution in [3.63, 3.8) is 0 Å². The first kappa shape index (κ1) is 11.0. The monoisotopic (exact) mass is 224 g/mol. The van der Waals surface area contributed by atoms with Crippen LogP contribution in [-0.2, 0) is 6.61 Å². The van der Waals surface area contributed by atoms with E-state index in [-0.39, 0.29) is 0 Å². The Balaban J connectivity index is 2.13. The third kappa shape index (κ3) is 2.56. The van der Waals surface area contributed by atoms with Gasteiger partial charge in [-0.3, -0.25) is 0 Å². The van der Waals surface area contributed by atoms with E-state index in [4.69, 9.17) is 15.7 Å². The van der Waals surface area contributed by atoms with Gasteiger partial charge in [0.2, 0.25) is 0 Å². The Morgan fingerprint density at radius 1 is 1.06 bits per heavy atom. The van der Waals surface area contributed by atoms with Gasteiger partial charge in [0.1, 0.15) is 18.4 Å². The normalized spacial score (nSPS) is 9.59. The van der Waals surface area contributed by atoms with E-state index < -0.39 is 0 Å². The molecular formula is C14H12N2O. The van der Waals surface area contributed by atoms with E-state index >= 15 is 0 Å². The second-order valence-corrected chi connectivity index (χ2v) is 3.60.